The molecule has 0 aromatic heterocycles. The third kappa shape index (κ3) is 2.86. The first kappa shape index (κ1) is 20.4. The minimum atomic E-state index is -2.91. The van der Waals surface area contributed by atoms with Crippen LogP contribution in [0.2, 0.25) is 0 Å². The molecule has 1 amide bonds. The van der Waals surface area contributed by atoms with Gasteiger partial charge in [-0.1, -0.05) is 30.3 Å². The molecular weight excluding hydrogens is 386 g/mol. The number of benzene rings is 1. The maximum atomic E-state index is 14.5. The second-order valence-electron chi connectivity index (χ2n) is 10.2. The number of ether oxygens (including phenoxy) is 1. The molecule has 0 spiro atoms. The summed E-state index contributed by atoms with van der Waals surface area (Å²) in [5.41, 5.74) is 0.376. The predicted octanol–water partition coefficient (Wildman–Crippen LogP) is 3.65. The molecule has 4 aliphatic carbocycles. The Labute approximate surface area is 177 Å². The van der Waals surface area contributed by atoms with Crippen molar-refractivity contribution >= 4 is 5.91 Å². The number of carbonyl (C=O) groups is 1. The first-order valence-corrected chi connectivity index (χ1v) is 11.4. The van der Waals surface area contributed by atoms with Gasteiger partial charge in [0.25, 0.3) is 5.92 Å². The third-order valence-corrected chi connectivity index (χ3v) is 8.52. The standard InChI is InChI=1S/C24H32F2N2O2/c1-2-30-16-22-11-17-10-21(13-22,18-6-4-3-5-7-18)14-23(22,12-17)20(29)28-19-8-9-27-15-24(19,25)26/h3-7,17,19,27H,2,8-16H2,1H3,(H,28,29)/t17?,19?,21-,22-,23?/m1/s1. The van der Waals surface area contributed by atoms with E-state index in [-0.39, 0.29) is 29.7 Å². The van der Waals surface area contributed by atoms with E-state index in [0.29, 0.717) is 25.7 Å². The first-order chi connectivity index (χ1) is 14.3. The van der Waals surface area contributed by atoms with Crippen molar-refractivity contribution in [1.82, 2.24) is 10.6 Å². The second kappa shape index (κ2) is 6.99. The van der Waals surface area contributed by atoms with Crippen LogP contribution >= 0.6 is 0 Å². The third-order valence-electron chi connectivity index (χ3n) is 8.52. The highest BCUT2D eigenvalue weighted by atomic mass is 19.3. The molecule has 30 heavy (non-hydrogen) atoms. The summed E-state index contributed by atoms with van der Waals surface area (Å²) in [7, 11) is 0. The van der Waals surface area contributed by atoms with Crippen molar-refractivity contribution in [3.63, 3.8) is 0 Å². The van der Waals surface area contributed by atoms with Gasteiger partial charge in [0.15, 0.2) is 0 Å². The molecule has 4 bridgehead atoms. The molecule has 5 atom stereocenters. The SMILES string of the molecule is CCOC[C@]12CC3CC1(C(=O)NC1CCNCC1(F)F)C[C@@](c1ccccc1)(C3)C2. The normalized spacial score (nSPS) is 41.2. The van der Waals surface area contributed by atoms with Crippen molar-refractivity contribution in [1.29, 1.82) is 0 Å². The molecule has 6 heteroatoms. The average molecular weight is 419 g/mol. The molecule has 164 valence electrons. The number of rotatable bonds is 6. The molecule has 1 aromatic rings. The second-order valence-corrected chi connectivity index (χ2v) is 10.2. The van der Waals surface area contributed by atoms with Gasteiger partial charge in [0.2, 0.25) is 5.91 Å². The molecule has 1 aliphatic heterocycles. The van der Waals surface area contributed by atoms with Gasteiger partial charge in [-0.05, 0) is 68.9 Å². The van der Waals surface area contributed by atoms with E-state index in [2.05, 4.69) is 34.9 Å². The minimum Gasteiger partial charge on any atom is -0.381 e. The first-order valence-electron chi connectivity index (χ1n) is 11.4. The topological polar surface area (TPSA) is 50.4 Å². The molecule has 1 aromatic carbocycles. The molecule has 4 saturated carbocycles. The van der Waals surface area contributed by atoms with Crippen LogP contribution in [-0.2, 0) is 14.9 Å². The number of hydrogen-bond donors (Lipinski definition) is 2. The Bertz CT molecular complexity index is 819. The Morgan fingerprint density at radius 1 is 1.20 bits per heavy atom. The van der Waals surface area contributed by atoms with Gasteiger partial charge in [-0.3, -0.25) is 4.79 Å². The summed E-state index contributed by atoms with van der Waals surface area (Å²) in [6.45, 7) is 3.27. The summed E-state index contributed by atoms with van der Waals surface area (Å²) in [5.74, 6) is -2.62. The van der Waals surface area contributed by atoms with Crippen LogP contribution in [0.3, 0.4) is 0 Å². The Balaban J connectivity index is 1.50. The summed E-state index contributed by atoms with van der Waals surface area (Å²) in [6, 6.07) is 9.41. The lowest BCUT2D eigenvalue weighted by Gasteiger charge is -2.42. The van der Waals surface area contributed by atoms with Gasteiger partial charge in [0.05, 0.1) is 24.6 Å². The average Bonchev–Trinajstić information content (AvgIpc) is 3.08. The van der Waals surface area contributed by atoms with Crippen LogP contribution in [0.1, 0.15) is 51.0 Å². The largest absolute Gasteiger partial charge is 0.381 e. The van der Waals surface area contributed by atoms with Crippen LogP contribution in [0.25, 0.3) is 0 Å². The lowest BCUT2D eigenvalue weighted by Crippen LogP contribution is -2.60. The van der Waals surface area contributed by atoms with Crippen molar-refractivity contribution in [3.8, 4) is 0 Å². The monoisotopic (exact) mass is 418 g/mol. The van der Waals surface area contributed by atoms with E-state index in [0.717, 1.165) is 32.1 Å². The molecule has 0 radical (unpaired) electrons. The van der Waals surface area contributed by atoms with Gasteiger partial charge in [0, 0.05) is 12.0 Å². The van der Waals surface area contributed by atoms with Crippen molar-refractivity contribution in [2.24, 2.45) is 16.7 Å². The van der Waals surface area contributed by atoms with Crippen LogP contribution in [0, 0.1) is 16.7 Å². The fraction of sp³-hybridized carbons (Fsp3) is 0.708. The van der Waals surface area contributed by atoms with E-state index in [1.54, 1.807) is 0 Å². The van der Waals surface area contributed by atoms with Gasteiger partial charge in [-0.15, -0.1) is 0 Å². The number of amides is 1. The minimum absolute atomic E-state index is 0.0481. The highest BCUT2D eigenvalue weighted by Gasteiger charge is 2.74. The molecule has 1 saturated heterocycles. The predicted molar refractivity (Wildman–Crippen MR) is 110 cm³/mol. The number of nitrogens with one attached hydrogen (secondary N) is 2. The lowest BCUT2D eigenvalue weighted by molar-refractivity contribution is -0.144. The van der Waals surface area contributed by atoms with Crippen LogP contribution < -0.4 is 10.6 Å². The summed E-state index contributed by atoms with van der Waals surface area (Å²) < 4.78 is 34.9. The fourth-order valence-electron chi connectivity index (χ4n) is 7.54. The van der Waals surface area contributed by atoms with E-state index in [1.165, 1.54) is 5.56 Å². The zero-order chi connectivity index (χ0) is 21.0. The highest BCUT2D eigenvalue weighted by Crippen LogP contribution is 2.76. The smallest absolute Gasteiger partial charge is 0.280 e. The van der Waals surface area contributed by atoms with Crippen LogP contribution in [-0.4, -0.2) is 44.2 Å². The molecular formula is C24H32F2N2O2. The number of alkyl halides is 2. The molecule has 3 unspecified atom stereocenters. The van der Waals surface area contributed by atoms with Crippen molar-refractivity contribution in [3.05, 3.63) is 35.9 Å². The van der Waals surface area contributed by atoms with Crippen molar-refractivity contribution < 1.29 is 18.3 Å². The number of carbonyl (C=O) groups excluding carboxylic acids is 1. The number of piperidine rings is 1. The Morgan fingerprint density at radius 3 is 2.73 bits per heavy atom. The molecule has 5 fully saturated rings. The van der Waals surface area contributed by atoms with Crippen LogP contribution in [0.15, 0.2) is 30.3 Å². The Kier molecular flexibility index (Phi) is 4.75. The van der Waals surface area contributed by atoms with E-state index in [9.17, 15) is 13.6 Å². The van der Waals surface area contributed by atoms with E-state index < -0.39 is 17.4 Å². The summed E-state index contributed by atoms with van der Waals surface area (Å²) in [4.78, 5) is 13.8. The van der Waals surface area contributed by atoms with E-state index in [4.69, 9.17) is 4.74 Å². The van der Waals surface area contributed by atoms with E-state index in [1.807, 2.05) is 13.0 Å². The summed E-state index contributed by atoms with van der Waals surface area (Å²) in [5, 5.41) is 5.59. The highest BCUT2D eigenvalue weighted by molar-refractivity contribution is 5.86. The zero-order valence-corrected chi connectivity index (χ0v) is 17.7. The molecule has 4 nitrogen and oxygen atoms in total. The van der Waals surface area contributed by atoms with Gasteiger partial charge in [-0.2, -0.15) is 0 Å². The van der Waals surface area contributed by atoms with E-state index >= 15 is 0 Å². The van der Waals surface area contributed by atoms with Gasteiger partial charge < -0.3 is 15.4 Å². The number of hydrogen-bond acceptors (Lipinski definition) is 3. The maximum Gasteiger partial charge on any atom is 0.280 e. The van der Waals surface area contributed by atoms with Crippen molar-refractivity contribution in [2.75, 3.05) is 26.3 Å². The molecule has 6 rings (SSSR count). The Hall–Kier alpha value is -1.53. The van der Waals surface area contributed by atoms with Gasteiger partial charge in [-0.25, -0.2) is 8.78 Å². The quantitative estimate of drug-likeness (QED) is 0.741. The molecule has 1 heterocycles. The molecule has 5 aliphatic rings. The fourth-order valence-corrected chi connectivity index (χ4v) is 7.54. The van der Waals surface area contributed by atoms with Crippen molar-refractivity contribution in [2.45, 2.75) is 62.8 Å². The Morgan fingerprint density at radius 2 is 2.00 bits per heavy atom. The summed E-state index contributed by atoms with van der Waals surface area (Å²) in [6.07, 6.45) is 4.78. The van der Waals surface area contributed by atoms with Crippen LogP contribution in [0.5, 0.6) is 0 Å². The number of halogens is 2. The van der Waals surface area contributed by atoms with Gasteiger partial charge in [0.1, 0.15) is 0 Å². The van der Waals surface area contributed by atoms with Crippen LogP contribution in [0.4, 0.5) is 8.78 Å². The molecule has 2 N–H and O–H groups in total. The summed E-state index contributed by atoms with van der Waals surface area (Å²) >= 11 is 0. The zero-order valence-electron chi connectivity index (χ0n) is 17.7. The van der Waals surface area contributed by atoms with Gasteiger partial charge >= 0.3 is 0 Å². The maximum absolute atomic E-state index is 14.5. The lowest BCUT2D eigenvalue weighted by atomic mass is 9.63.